The fraction of sp³-hybridized carbons (Fsp3) is 0.583. The first-order chi connectivity index (χ1) is 8.70. The number of alkyl halides is 1. The molecular weight excluding hydrogens is 274 g/mol. The maximum atomic E-state index is 11.3. The Kier molecular flexibility index (Phi) is 5.00. The number of halogens is 1. The van der Waals surface area contributed by atoms with Crippen molar-refractivity contribution in [1.82, 2.24) is 5.32 Å². The molecule has 1 aliphatic heterocycles. The number of nitrogens with one attached hydrogen (secondary N) is 1. The Bertz CT molecular complexity index is 410. The standard InChI is InChI=1S/C12H16ClNO3S/c1-16-12(15)11-3-2-8(18-11)6-17-7-10-9(13)4-5-14-10/h2-3,9-10,14H,4-7H2,1H3/t9-,10?/m1/s1. The number of ether oxygens (including phenoxy) is 2. The summed E-state index contributed by atoms with van der Waals surface area (Å²) in [5.41, 5.74) is 0. The van der Waals surface area contributed by atoms with Gasteiger partial charge < -0.3 is 14.8 Å². The molecule has 2 rings (SSSR count). The van der Waals surface area contributed by atoms with Gasteiger partial charge in [0.2, 0.25) is 0 Å². The quantitative estimate of drug-likeness (QED) is 0.665. The minimum absolute atomic E-state index is 0.152. The summed E-state index contributed by atoms with van der Waals surface area (Å²) in [5, 5.41) is 3.45. The van der Waals surface area contributed by atoms with E-state index >= 15 is 0 Å². The van der Waals surface area contributed by atoms with Crippen molar-refractivity contribution >= 4 is 28.9 Å². The van der Waals surface area contributed by atoms with Crippen molar-refractivity contribution in [1.29, 1.82) is 0 Å². The van der Waals surface area contributed by atoms with Crippen molar-refractivity contribution in [2.24, 2.45) is 0 Å². The molecule has 0 bridgehead atoms. The highest BCUT2D eigenvalue weighted by Gasteiger charge is 2.24. The average Bonchev–Trinajstić information content (AvgIpc) is 2.99. The molecule has 2 atom stereocenters. The summed E-state index contributed by atoms with van der Waals surface area (Å²) >= 11 is 7.52. The van der Waals surface area contributed by atoms with Crippen LogP contribution in [-0.2, 0) is 16.1 Å². The number of rotatable bonds is 5. The van der Waals surface area contributed by atoms with Crippen molar-refractivity contribution in [3.8, 4) is 0 Å². The van der Waals surface area contributed by atoms with Gasteiger partial charge in [0.05, 0.1) is 25.7 Å². The van der Waals surface area contributed by atoms with Gasteiger partial charge >= 0.3 is 5.97 Å². The van der Waals surface area contributed by atoms with Gasteiger partial charge in [-0.3, -0.25) is 0 Å². The van der Waals surface area contributed by atoms with E-state index in [0.29, 0.717) is 18.1 Å². The molecule has 0 aromatic carbocycles. The Morgan fingerprint density at radius 2 is 2.44 bits per heavy atom. The van der Waals surface area contributed by atoms with E-state index in [4.69, 9.17) is 16.3 Å². The zero-order valence-electron chi connectivity index (χ0n) is 10.1. The molecule has 0 spiro atoms. The topological polar surface area (TPSA) is 47.6 Å². The molecule has 0 amide bonds. The molecule has 1 N–H and O–H groups in total. The van der Waals surface area contributed by atoms with Crippen LogP contribution in [0.25, 0.3) is 0 Å². The van der Waals surface area contributed by atoms with Crippen molar-refractivity contribution in [3.63, 3.8) is 0 Å². The fourth-order valence-electron chi connectivity index (χ4n) is 1.85. The zero-order valence-corrected chi connectivity index (χ0v) is 11.7. The lowest BCUT2D eigenvalue weighted by Crippen LogP contribution is -2.32. The number of hydrogen-bond donors (Lipinski definition) is 1. The predicted octanol–water partition coefficient (Wildman–Crippen LogP) is 2.02. The van der Waals surface area contributed by atoms with Gasteiger partial charge in [-0.05, 0) is 25.1 Å². The third-order valence-corrected chi connectivity index (χ3v) is 4.41. The van der Waals surface area contributed by atoms with Crippen LogP contribution in [0.15, 0.2) is 12.1 Å². The van der Waals surface area contributed by atoms with Gasteiger partial charge in [-0.15, -0.1) is 22.9 Å². The van der Waals surface area contributed by atoms with Gasteiger partial charge in [-0.1, -0.05) is 0 Å². The van der Waals surface area contributed by atoms with Gasteiger partial charge in [-0.2, -0.15) is 0 Å². The van der Waals surface area contributed by atoms with Gasteiger partial charge in [-0.25, -0.2) is 4.79 Å². The first-order valence-corrected chi connectivity index (χ1v) is 7.08. The van der Waals surface area contributed by atoms with Crippen molar-refractivity contribution in [2.45, 2.75) is 24.4 Å². The van der Waals surface area contributed by atoms with Crippen molar-refractivity contribution < 1.29 is 14.3 Å². The Balaban J connectivity index is 1.76. The highest BCUT2D eigenvalue weighted by Crippen LogP contribution is 2.19. The zero-order chi connectivity index (χ0) is 13.0. The number of carbonyl (C=O) groups excluding carboxylic acids is 1. The van der Waals surface area contributed by atoms with E-state index in [1.165, 1.54) is 18.4 Å². The lowest BCUT2D eigenvalue weighted by atomic mass is 10.2. The number of hydrogen-bond acceptors (Lipinski definition) is 5. The maximum Gasteiger partial charge on any atom is 0.348 e. The second-order valence-electron chi connectivity index (χ2n) is 4.14. The average molecular weight is 290 g/mol. The Hall–Kier alpha value is -0.620. The van der Waals surface area contributed by atoms with E-state index in [1.54, 1.807) is 6.07 Å². The molecule has 100 valence electrons. The molecule has 0 saturated carbocycles. The number of carbonyl (C=O) groups is 1. The summed E-state index contributed by atoms with van der Waals surface area (Å²) in [6.07, 6.45) is 0.987. The van der Waals surface area contributed by atoms with Crippen LogP contribution in [0.5, 0.6) is 0 Å². The predicted molar refractivity (Wildman–Crippen MR) is 71.4 cm³/mol. The molecule has 1 aromatic heterocycles. The van der Waals surface area contributed by atoms with Gasteiger partial charge in [0.15, 0.2) is 0 Å². The fourth-order valence-corrected chi connectivity index (χ4v) is 2.99. The molecule has 1 aromatic rings. The van der Waals surface area contributed by atoms with Crippen LogP contribution in [-0.4, -0.2) is 37.6 Å². The minimum atomic E-state index is -0.301. The molecule has 1 fully saturated rings. The molecule has 1 unspecified atom stereocenters. The van der Waals surface area contributed by atoms with Crippen LogP contribution in [0.4, 0.5) is 0 Å². The van der Waals surface area contributed by atoms with E-state index in [-0.39, 0.29) is 17.4 Å². The molecule has 2 heterocycles. The molecule has 1 saturated heterocycles. The van der Waals surface area contributed by atoms with E-state index < -0.39 is 0 Å². The molecule has 4 nitrogen and oxygen atoms in total. The van der Waals surface area contributed by atoms with E-state index in [1.807, 2.05) is 6.07 Å². The smallest absolute Gasteiger partial charge is 0.348 e. The molecule has 0 radical (unpaired) electrons. The SMILES string of the molecule is COC(=O)c1ccc(COCC2NCC[C@H]2Cl)s1. The summed E-state index contributed by atoms with van der Waals surface area (Å²) in [6.45, 7) is 2.05. The second-order valence-corrected chi connectivity index (χ2v) is 5.87. The second kappa shape index (κ2) is 6.52. The van der Waals surface area contributed by atoms with E-state index in [0.717, 1.165) is 17.8 Å². The summed E-state index contributed by atoms with van der Waals surface area (Å²) in [4.78, 5) is 12.9. The molecule has 0 aliphatic carbocycles. The van der Waals surface area contributed by atoms with Crippen molar-refractivity contribution in [2.75, 3.05) is 20.3 Å². The number of methoxy groups -OCH3 is 1. The lowest BCUT2D eigenvalue weighted by molar-refractivity contribution is 0.0606. The van der Waals surface area contributed by atoms with Crippen LogP contribution < -0.4 is 5.32 Å². The summed E-state index contributed by atoms with van der Waals surface area (Å²) < 4.78 is 10.3. The summed E-state index contributed by atoms with van der Waals surface area (Å²) in [7, 11) is 1.38. The first-order valence-electron chi connectivity index (χ1n) is 5.83. The Labute approximate surface area is 115 Å². The maximum absolute atomic E-state index is 11.3. The third kappa shape index (κ3) is 3.45. The monoisotopic (exact) mass is 289 g/mol. The molecule has 18 heavy (non-hydrogen) atoms. The Morgan fingerprint density at radius 3 is 3.11 bits per heavy atom. The van der Waals surface area contributed by atoms with E-state index in [9.17, 15) is 4.79 Å². The van der Waals surface area contributed by atoms with Crippen LogP contribution in [0.3, 0.4) is 0 Å². The highest BCUT2D eigenvalue weighted by atomic mass is 35.5. The van der Waals surface area contributed by atoms with Crippen LogP contribution >= 0.6 is 22.9 Å². The largest absolute Gasteiger partial charge is 0.465 e. The lowest BCUT2D eigenvalue weighted by Gasteiger charge is -2.13. The van der Waals surface area contributed by atoms with E-state index in [2.05, 4.69) is 10.1 Å². The van der Waals surface area contributed by atoms with Gasteiger partial charge in [0.25, 0.3) is 0 Å². The van der Waals surface area contributed by atoms with Crippen LogP contribution in [0, 0.1) is 0 Å². The summed E-state index contributed by atoms with van der Waals surface area (Å²) in [6, 6.07) is 3.87. The number of thiophene rings is 1. The normalized spacial score (nSPS) is 23.2. The van der Waals surface area contributed by atoms with Crippen LogP contribution in [0.2, 0.25) is 0 Å². The van der Waals surface area contributed by atoms with Gasteiger partial charge in [0, 0.05) is 10.9 Å². The third-order valence-electron chi connectivity index (χ3n) is 2.85. The van der Waals surface area contributed by atoms with Crippen LogP contribution in [0.1, 0.15) is 21.0 Å². The minimum Gasteiger partial charge on any atom is -0.465 e. The first kappa shape index (κ1) is 13.8. The van der Waals surface area contributed by atoms with Crippen molar-refractivity contribution in [3.05, 3.63) is 21.9 Å². The van der Waals surface area contributed by atoms with Gasteiger partial charge in [0.1, 0.15) is 4.88 Å². The number of esters is 1. The molecular formula is C12H16ClNO3S. The molecule has 6 heteroatoms. The highest BCUT2D eigenvalue weighted by molar-refractivity contribution is 7.13. The molecule has 1 aliphatic rings. The Morgan fingerprint density at radius 1 is 1.61 bits per heavy atom. The summed E-state index contributed by atoms with van der Waals surface area (Å²) in [5.74, 6) is -0.301.